The number of aromatic hydroxyl groups is 1. The molecule has 0 aliphatic carbocycles. The lowest BCUT2D eigenvalue weighted by Crippen LogP contribution is -2.12. The van der Waals surface area contributed by atoms with Crippen LogP contribution in [0.25, 0.3) is 0 Å². The third-order valence-electron chi connectivity index (χ3n) is 2.52. The molecule has 4 nitrogen and oxygen atoms in total. The van der Waals surface area contributed by atoms with E-state index in [1.807, 2.05) is 6.92 Å². The number of anilines is 1. The number of carbonyl (C=O) groups is 1. The summed E-state index contributed by atoms with van der Waals surface area (Å²) in [5, 5.41) is 9.55. The Balaban J connectivity index is 2.58. The van der Waals surface area contributed by atoms with Crippen molar-refractivity contribution < 1.29 is 14.6 Å². The highest BCUT2D eigenvalue weighted by Gasteiger charge is 2.13. The van der Waals surface area contributed by atoms with Crippen molar-refractivity contribution in [3.8, 4) is 5.75 Å². The van der Waals surface area contributed by atoms with Crippen LogP contribution in [-0.2, 0) is 4.74 Å². The van der Waals surface area contributed by atoms with E-state index in [0.29, 0.717) is 18.2 Å². The molecule has 0 radical (unpaired) electrons. The summed E-state index contributed by atoms with van der Waals surface area (Å²) in [4.78, 5) is 11.7. The molecule has 0 bridgehead atoms. The molecule has 0 aliphatic heterocycles. The summed E-state index contributed by atoms with van der Waals surface area (Å²) in [5.41, 5.74) is 6.05. The third-order valence-corrected chi connectivity index (χ3v) is 2.52. The van der Waals surface area contributed by atoms with E-state index >= 15 is 0 Å². The minimum absolute atomic E-state index is 0.141. The van der Waals surface area contributed by atoms with E-state index in [0.717, 1.165) is 12.8 Å². The van der Waals surface area contributed by atoms with Crippen LogP contribution in [0.5, 0.6) is 5.75 Å². The Labute approximate surface area is 101 Å². The number of ether oxygens (including phenoxy) is 1. The zero-order chi connectivity index (χ0) is 12.8. The number of carbonyl (C=O) groups excluding carboxylic acids is 1. The first-order valence-corrected chi connectivity index (χ1v) is 5.80. The highest BCUT2D eigenvalue weighted by molar-refractivity contribution is 5.92. The number of nitrogen functional groups attached to an aromatic ring is 1. The lowest BCUT2D eigenvalue weighted by atomic mass is 10.1. The topological polar surface area (TPSA) is 72.5 Å². The number of phenols is 1. The average molecular weight is 237 g/mol. The number of esters is 1. The summed E-state index contributed by atoms with van der Waals surface area (Å²) < 4.78 is 5.12. The largest absolute Gasteiger partial charge is 0.507 e. The molecule has 17 heavy (non-hydrogen) atoms. The van der Waals surface area contributed by atoms with Crippen LogP contribution in [0.1, 0.15) is 37.0 Å². The van der Waals surface area contributed by atoms with Crippen LogP contribution in [0.3, 0.4) is 0 Å². The van der Waals surface area contributed by atoms with E-state index in [9.17, 15) is 9.90 Å². The fourth-order valence-electron chi connectivity index (χ4n) is 1.59. The fourth-order valence-corrected chi connectivity index (χ4v) is 1.59. The molecule has 1 aromatic carbocycles. The van der Waals surface area contributed by atoms with E-state index in [1.165, 1.54) is 12.1 Å². The summed E-state index contributed by atoms with van der Waals surface area (Å²) in [6, 6.07) is 4.37. The van der Waals surface area contributed by atoms with Crippen molar-refractivity contribution in [2.24, 2.45) is 5.92 Å². The zero-order valence-corrected chi connectivity index (χ0v) is 10.3. The minimum atomic E-state index is -0.509. The predicted molar refractivity (Wildman–Crippen MR) is 66.9 cm³/mol. The maximum Gasteiger partial charge on any atom is 0.341 e. The lowest BCUT2D eigenvalue weighted by molar-refractivity contribution is 0.0440. The molecule has 1 rings (SSSR count). The van der Waals surface area contributed by atoms with Gasteiger partial charge in [-0.05, 0) is 24.5 Å². The van der Waals surface area contributed by atoms with Crippen LogP contribution in [0.4, 0.5) is 5.69 Å². The van der Waals surface area contributed by atoms with Crippen molar-refractivity contribution in [3.63, 3.8) is 0 Å². The third kappa shape index (κ3) is 3.98. The molecule has 3 N–H and O–H groups in total. The second-order valence-corrected chi connectivity index (χ2v) is 4.27. The predicted octanol–water partition coefficient (Wildman–Crippen LogP) is 2.57. The van der Waals surface area contributed by atoms with Crippen molar-refractivity contribution >= 4 is 11.7 Å². The molecule has 0 aromatic heterocycles. The van der Waals surface area contributed by atoms with E-state index in [4.69, 9.17) is 10.5 Å². The smallest absolute Gasteiger partial charge is 0.341 e. The van der Waals surface area contributed by atoms with Crippen LogP contribution in [0.2, 0.25) is 0 Å². The van der Waals surface area contributed by atoms with Crippen molar-refractivity contribution in [3.05, 3.63) is 23.8 Å². The zero-order valence-electron chi connectivity index (χ0n) is 10.3. The van der Waals surface area contributed by atoms with Crippen LogP contribution in [0.15, 0.2) is 18.2 Å². The molecule has 0 spiro atoms. The van der Waals surface area contributed by atoms with Gasteiger partial charge in [0.05, 0.1) is 6.61 Å². The molecule has 0 heterocycles. The number of hydrogen-bond acceptors (Lipinski definition) is 4. The Morgan fingerprint density at radius 1 is 1.53 bits per heavy atom. The Morgan fingerprint density at radius 2 is 2.24 bits per heavy atom. The van der Waals surface area contributed by atoms with Crippen molar-refractivity contribution in [1.29, 1.82) is 0 Å². The Kier molecular flexibility index (Phi) is 4.82. The monoisotopic (exact) mass is 237 g/mol. The van der Waals surface area contributed by atoms with E-state index in [-0.39, 0.29) is 11.3 Å². The summed E-state index contributed by atoms with van der Waals surface area (Å²) in [5.74, 6) is -0.316. The number of rotatable bonds is 5. The van der Waals surface area contributed by atoms with Gasteiger partial charge in [0, 0.05) is 11.8 Å². The summed E-state index contributed by atoms with van der Waals surface area (Å²) >= 11 is 0. The first-order valence-electron chi connectivity index (χ1n) is 5.80. The number of benzene rings is 1. The number of hydrogen-bond donors (Lipinski definition) is 2. The molecule has 4 heteroatoms. The van der Waals surface area contributed by atoms with Crippen LogP contribution in [0, 0.1) is 5.92 Å². The van der Waals surface area contributed by atoms with E-state index in [2.05, 4.69) is 6.92 Å². The molecule has 1 atom stereocenters. The Morgan fingerprint density at radius 3 is 2.82 bits per heavy atom. The van der Waals surface area contributed by atoms with Gasteiger partial charge in [0.15, 0.2) is 0 Å². The minimum Gasteiger partial charge on any atom is -0.507 e. The Bertz CT molecular complexity index is 390. The second-order valence-electron chi connectivity index (χ2n) is 4.27. The number of nitrogens with two attached hydrogens (primary N) is 1. The van der Waals surface area contributed by atoms with E-state index in [1.54, 1.807) is 6.07 Å². The van der Waals surface area contributed by atoms with Gasteiger partial charge in [0.25, 0.3) is 0 Å². The van der Waals surface area contributed by atoms with Gasteiger partial charge in [-0.25, -0.2) is 4.79 Å². The molecular weight excluding hydrogens is 218 g/mol. The van der Waals surface area contributed by atoms with Crippen molar-refractivity contribution in [2.45, 2.75) is 26.7 Å². The quantitative estimate of drug-likeness (QED) is 0.609. The van der Waals surface area contributed by atoms with Crippen molar-refractivity contribution in [2.75, 3.05) is 12.3 Å². The van der Waals surface area contributed by atoms with Gasteiger partial charge in [-0.2, -0.15) is 0 Å². The van der Waals surface area contributed by atoms with Gasteiger partial charge in [0.2, 0.25) is 0 Å². The molecule has 1 aromatic rings. The van der Waals surface area contributed by atoms with E-state index < -0.39 is 5.97 Å². The standard InChI is InChI=1S/C13H19NO3/c1-3-4-9(2)8-17-13(16)11-6-5-10(14)7-12(11)15/h5-7,9,15H,3-4,8,14H2,1-2H3. The van der Waals surface area contributed by atoms with Gasteiger partial charge >= 0.3 is 5.97 Å². The Hall–Kier alpha value is -1.71. The van der Waals surface area contributed by atoms with Gasteiger partial charge in [0.1, 0.15) is 11.3 Å². The first kappa shape index (κ1) is 13.4. The van der Waals surface area contributed by atoms with Gasteiger partial charge in [-0.3, -0.25) is 0 Å². The fraction of sp³-hybridized carbons (Fsp3) is 0.462. The maximum atomic E-state index is 11.7. The number of phenolic OH excluding ortho intramolecular Hbond substituents is 1. The van der Waals surface area contributed by atoms with Gasteiger partial charge in [-0.15, -0.1) is 0 Å². The normalized spacial score (nSPS) is 12.1. The molecule has 0 aliphatic rings. The second kappa shape index (κ2) is 6.13. The molecule has 0 saturated carbocycles. The SMILES string of the molecule is CCCC(C)COC(=O)c1ccc(N)cc1O. The highest BCUT2D eigenvalue weighted by atomic mass is 16.5. The van der Waals surface area contributed by atoms with Crippen LogP contribution >= 0.6 is 0 Å². The lowest BCUT2D eigenvalue weighted by Gasteiger charge is -2.11. The van der Waals surface area contributed by atoms with Crippen LogP contribution in [-0.4, -0.2) is 17.7 Å². The summed E-state index contributed by atoms with van der Waals surface area (Å²) in [7, 11) is 0. The molecule has 0 amide bonds. The molecule has 0 fully saturated rings. The highest BCUT2D eigenvalue weighted by Crippen LogP contribution is 2.21. The first-order chi connectivity index (χ1) is 8.04. The van der Waals surface area contributed by atoms with Gasteiger partial charge in [-0.1, -0.05) is 20.3 Å². The maximum absolute atomic E-state index is 11.7. The molecule has 94 valence electrons. The average Bonchev–Trinajstić information content (AvgIpc) is 2.26. The van der Waals surface area contributed by atoms with Crippen molar-refractivity contribution in [1.82, 2.24) is 0 Å². The van der Waals surface area contributed by atoms with Gasteiger partial charge < -0.3 is 15.6 Å². The summed E-state index contributed by atoms with van der Waals surface area (Å²) in [6.07, 6.45) is 2.08. The molecule has 1 unspecified atom stereocenters. The molecular formula is C13H19NO3. The summed E-state index contributed by atoms with van der Waals surface area (Å²) in [6.45, 7) is 4.49. The molecule has 0 saturated heterocycles. The van der Waals surface area contributed by atoms with Crippen LogP contribution < -0.4 is 5.73 Å².